The zero-order valence-corrected chi connectivity index (χ0v) is 27.0. The number of nitrogens with one attached hydrogen (secondary N) is 2. The van der Waals surface area contributed by atoms with Gasteiger partial charge in [-0.05, 0) is 66.1 Å². The minimum atomic E-state index is -3.73. The molecule has 9 nitrogen and oxygen atoms in total. The summed E-state index contributed by atoms with van der Waals surface area (Å²) >= 11 is 0. The molecule has 6 rings (SSSR count). The number of ether oxygens (including phenoxy) is 1. The number of para-hydroxylation sites is 1. The predicted molar refractivity (Wildman–Crippen MR) is 181 cm³/mol. The molecule has 0 radical (unpaired) electrons. The van der Waals surface area contributed by atoms with Gasteiger partial charge >= 0.3 is 5.97 Å². The van der Waals surface area contributed by atoms with E-state index in [0.29, 0.717) is 27.8 Å². The van der Waals surface area contributed by atoms with Gasteiger partial charge in [0.25, 0.3) is 5.91 Å². The maximum atomic E-state index is 13.8. The van der Waals surface area contributed by atoms with Crippen LogP contribution in [0.15, 0.2) is 89.3 Å². The van der Waals surface area contributed by atoms with E-state index in [4.69, 9.17) is 9.15 Å². The quantitative estimate of drug-likeness (QED) is 0.164. The van der Waals surface area contributed by atoms with Crippen LogP contribution in [0.3, 0.4) is 0 Å². The Morgan fingerprint density at radius 2 is 1.66 bits per heavy atom. The van der Waals surface area contributed by atoms with Crippen LogP contribution < -0.4 is 9.62 Å². The topological polar surface area (TPSA) is 122 Å². The molecular weight excluding hydrogens is 621 g/mol. The lowest BCUT2D eigenvalue weighted by Gasteiger charge is -2.21. The van der Waals surface area contributed by atoms with Crippen molar-refractivity contribution in [2.24, 2.45) is 0 Å². The Kier molecular flexibility index (Phi) is 8.33. The van der Waals surface area contributed by atoms with Crippen LogP contribution in [-0.4, -0.2) is 52.2 Å². The molecule has 0 saturated heterocycles. The fourth-order valence-electron chi connectivity index (χ4n) is 5.79. The number of anilines is 1. The second-order valence-electron chi connectivity index (χ2n) is 11.1. The van der Waals surface area contributed by atoms with Crippen LogP contribution in [0, 0.1) is 5.82 Å². The van der Waals surface area contributed by atoms with Crippen molar-refractivity contribution in [2.75, 3.05) is 31.3 Å². The van der Waals surface area contributed by atoms with Gasteiger partial charge in [0, 0.05) is 47.6 Å². The minimum Gasteiger partial charge on any atom is -0.466 e. The lowest BCUT2D eigenvalue weighted by Crippen LogP contribution is -2.25. The molecule has 2 N–H and O–H groups in total. The standard InChI is InChI=1S/C36H32FN3O6S/c1-5-45-32(41)19-27-25-11-6-7-12-29(25)39-34(27)23-10-8-9-22(17-23)26-18-28-31(20-30(26)40(3)47(4,43)44)46-35(33(28)36(42)38-2)21-13-15-24(37)16-14-21/h6-18,20,39H,5,19H2,1-4H3,(H,38,42). The summed E-state index contributed by atoms with van der Waals surface area (Å²) in [6.45, 7) is 2.03. The summed E-state index contributed by atoms with van der Waals surface area (Å²) in [5.74, 6) is -0.990. The number of esters is 1. The number of furan rings is 1. The molecule has 0 aliphatic heterocycles. The molecule has 2 aromatic heterocycles. The molecular formula is C36H32FN3O6S. The van der Waals surface area contributed by atoms with E-state index in [0.717, 1.165) is 38.3 Å². The molecule has 0 bridgehead atoms. The Morgan fingerprint density at radius 3 is 2.36 bits per heavy atom. The van der Waals surface area contributed by atoms with Gasteiger partial charge < -0.3 is 19.5 Å². The Morgan fingerprint density at radius 1 is 0.936 bits per heavy atom. The lowest BCUT2D eigenvalue weighted by atomic mass is 9.95. The summed E-state index contributed by atoms with van der Waals surface area (Å²) in [6, 6.07) is 24.1. The molecule has 0 spiro atoms. The average Bonchev–Trinajstić information content (AvgIpc) is 3.62. The summed E-state index contributed by atoms with van der Waals surface area (Å²) < 4.78 is 52.1. The SMILES string of the molecule is CCOC(=O)Cc1c(-c2cccc(-c3cc4c(C(=O)NC)c(-c5ccc(F)cc5)oc4cc3N(C)S(C)(=O)=O)c2)[nH]c2ccccc12. The third kappa shape index (κ3) is 5.97. The highest BCUT2D eigenvalue weighted by molar-refractivity contribution is 7.92. The number of sulfonamides is 1. The van der Waals surface area contributed by atoms with E-state index in [2.05, 4.69) is 10.3 Å². The van der Waals surface area contributed by atoms with E-state index >= 15 is 0 Å². The zero-order valence-electron chi connectivity index (χ0n) is 26.2. The van der Waals surface area contributed by atoms with Crippen molar-refractivity contribution in [2.45, 2.75) is 13.3 Å². The van der Waals surface area contributed by atoms with Crippen LogP contribution >= 0.6 is 0 Å². The second kappa shape index (κ2) is 12.4. The predicted octanol–water partition coefficient (Wildman–Crippen LogP) is 6.92. The van der Waals surface area contributed by atoms with Crippen LogP contribution in [0.1, 0.15) is 22.8 Å². The number of halogens is 1. The van der Waals surface area contributed by atoms with Gasteiger partial charge in [0.1, 0.15) is 17.2 Å². The van der Waals surface area contributed by atoms with Crippen LogP contribution in [0.25, 0.3) is 55.6 Å². The number of carbonyl (C=O) groups is 2. The summed E-state index contributed by atoms with van der Waals surface area (Å²) in [7, 11) is -0.782. The summed E-state index contributed by atoms with van der Waals surface area (Å²) in [5.41, 5.74) is 5.61. The van der Waals surface area contributed by atoms with E-state index in [1.807, 2.05) is 48.5 Å². The summed E-state index contributed by atoms with van der Waals surface area (Å²) in [4.78, 5) is 29.4. The van der Waals surface area contributed by atoms with Crippen LogP contribution in [0.5, 0.6) is 0 Å². The number of benzene rings is 4. The Bertz CT molecular complexity index is 2270. The van der Waals surface area contributed by atoms with Crippen molar-refractivity contribution < 1.29 is 31.6 Å². The largest absolute Gasteiger partial charge is 0.466 e. The lowest BCUT2D eigenvalue weighted by molar-refractivity contribution is -0.142. The average molecular weight is 654 g/mol. The van der Waals surface area contributed by atoms with Crippen molar-refractivity contribution in [3.63, 3.8) is 0 Å². The fraction of sp³-hybridized carbons (Fsp3) is 0.167. The molecule has 0 aliphatic rings. The third-order valence-electron chi connectivity index (χ3n) is 8.11. The number of hydrogen-bond donors (Lipinski definition) is 2. The first-order valence-corrected chi connectivity index (χ1v) is 16.7. The van der Waals surface area contributed by atoms with E-state index < -0.39 is 21.7 Å². The van der Waals surface area contributed by atoms with Gasteiger partial charge in [0.2, 0.25) is 10.0 Å². The number of rotatable bonds is 9. The van der Waals surface area contributed by atoms with Gasteiger partial charge in [0.05, 0.1) is 36.2 Å². The fourth-order valence-corrected chi connectivity index (χ4v) is 6.29. The van der Waals surface area contributed by atoms with E-state index in [9.17, 15) is 22.4 Å². The highest BCUT2D eigenvalue weighted by Crippen LogP contribution is 2.42. The van der Waals surface area contributed by atoms with Crippen molar-refractivity contribution in [1.29, 1.82) is 0 Å². The van der Waals surface area contributed by atoms with Gasteiger partial charge in [-0.25, -0.2) is 12.8 Å². The van der Waals surface area contributed by atoms with Crippen molar-refractivity contribution in [3.8, 4) is 33.7 Å². The summed E-state index contributed by atoms with van der Waals surface area (Å²) in [5, 5.41) is 3.99. The van der Waals surface area contributed by atoms with E-state index in [1.165, 1.54) is 38.4 Å². The van der Waals surface area contributed by atoms with Crippen molar-refractivity contribution in [1.82, 2.24) is 10.3 Å². The minimum absolute atomic E-state index is 0.0576. The smallest absolute Gasteiger partial charge is 0.310 e. The molecule has 240 valence electrons. The molecule has 0 aliphatic carbocycles. The van der Waals surface area contributed by atoms with E-state index in [-0.39, 0.29) is 35.9 Å². The van der Waals surface area contributed by atoms with Crippen molar-refractivity contribution >= 4 is 49.5 Å². The van der Waals surface area contributed by atoms with Gasteiger partial charge in [-0.2, -0.15) is 0 Å². The molecule has 1 amide bonds. The normalized spacial score (nSPS) is 11.6. The summed E-state index contributed by atoms with van der Waals surface area (Å²) in [6.07, 6.45) is 1.16. The first-order chi connectivity index (χ1) is 22.5. The first-order valence-electron chi connectivity index (χ1n) is 14.9. The molecule has 0 fully saturated rings. The number of aromatic amines is 1. The molecule has 2 heterocycles. The zero-order chi connectivity index (χ0) is 33.5. The Hall–Kier alpha value is -5.42. The molecule has 0 atom stereocenters. The monoisotopic (exact) mass is 653 g/mol. The number of carbonyl (C=O) groups excluding carboxylic acids is 2. The second-order valence-corrected chi connectivity index (χ2v) is 13.1. The molecule has 6 aromatic rings. The Labute approximate surface area is 271 Å². The first kappa shape index (κ1) is 31.6. The van der Waals surface area contributed by atoms with Gasteiger partial charge in [0.15, 0.2) is 0 Å². The van der Waals surface area contributed by atoms with Gasteiger partial charge in [-0.3, -0.25) is 13.9 Å². The third-order valence-corrected chi connectivity index (χ3v) is 9.30. The van der Waals surface area contributed by atoms with Crippen LogP contribution in [0.4, 0.5) is 10.1 Å². The number of hydrogen-bond acceptors (Lipinski definition) is 6. The highest BCUT2D eigenvalue weighted by atomic mass is 32.2. The van der Waals surface area contributed by atoms with E-state index in [1.54, 1.807) is 19.1 Å². The molecule has 4 aromatic carbocycles. The van der Waals surface area contributed by atoms with Gasteiger partial charge in [-0.1, -0.05) is 36.4 Å². The number of H-pyrrole nitrogens is 1. The number of aromatic nitrogens is 1. The van der Waals surface area contributed by atoms with Crippen molar-refractivity contribution in [3.05, 3.63) is 102 Å². The highest BCUT2D eigenvalue weighted by Gasteiger charge is 2.26. The Balaban J connectivity index is 1.59. The molecule has 11 heteroatoms. The van der Waals surface area contributed by atoms with Crippen LogP contribution in [-0.2, 0) is 26.0 Å². The number of nitrogens with zero attached hydrogens (tertiary/aromatic N) is 1. The molecule has 0 unspecified atom stereocenters. The van der Waals surface area contributed by atoms with Crippen LogP contribution in [0.2, 0.25) is 0 Å². The molecule has 47 heavy (non-hydrogen) atoms. The number of fused-ring (bicyclic) bond motifs is 2. The number of amides is 1. The maximum Gasteiger partial charge on any atom is 0.310 e. The van der Waals surface area contributed by atoms with Gasteiger partial charge in [-0.15, -0.1) is 0 Å². The molecule has 0 saturated carbocycles. The maximum absolute atomic E-state index is 13.8.